The topological polar surface area (TPSA) is 18.5 Å². The molecule has 3 heteroatoms. The van der Waals surface area contributed by atoms with Crippen molar-refractivity contribution in [3.8, 4) is 0 Å². The molecular weight excluding hydrogens is 198 g/mol. The van der Waals surface area contributed by atoms with Crippen LogP contribution >= 0.6 is 0 Å². The highest BCUT2D eigenvalue weighted by atomic mass is 15.2. The number of hydrogen-bond acceptors (Lipinski definition) is 3. The Hall–Kier alpha value is -0.120. The van der Waals surface area contributed by atoms with Crippen LogP contribution in [0.3, 0.4) is 0 Å². The Morgan fingerprint density at radius 1 is 1.00 bits per heavy atom. The maximum Gasteiger partial charge on any atom is 0.0227 e. The summed E-state index contributed by atoms with van der Waals surface area (Å²) in [4.78, 5) is 5.12. The van der Waals surface area contributed by atoms with Crippen molar-refractivity contribution in [2.24, 2.45) is 5.92 Å². The van der Waals surface area contributed by atoms with Gasteiger partial charge in [-0.1, -0.05) is 0 Å². The molecule has 4 aliphatic rings. The van der Waals surface area contributed by atoms with Crippen LogP contribution in [-0.4, -0.2) is 61.7 Å². The minimum atomic E-state index is 0.754. The summed E-state index contributed by atoms with van der Waals surface area (Å²) < 4.78 is 0. The van der Waals surface area contributed by atoms with Crippen LogP contribution in [0.1, 0.15) is 25.7 Å². The maximum atomic E-state index is 3.94. The third-order valence-corrected chi connectivity index (χ3v) is 4.73. The zero-order chi connectivity index (χ0) is 11.0. The number of likely N-dealkylation sites (N-methyl/N-ethyl adjacent to an activating group) is 1. The van der Waals surface area contributed by atoms with Gasteiger partial charge >= 0.3 is 0 Å². The van der Waals surface area contributed by atoms with Crippen molar-refractivity contribution in [2.75, 3.05) is 39.8 Å². The molecule has 2 unspecified atom stereocenters. The Kier molecular flexibility index (Phi) is 3.18. The molecule has 4 saturated heterocycles. The maximum absolute atomic E-state index is 3.94. The number of nitrogens with one attached hydrogen (secondary N) is 1. The standard InChI is InChI=1S/C13H25N3/c1-15-6-2-3-12(9-15)14-13-10-16-7-4-11(13)5-8-16/h11-14H,2-10H2,1H3. The number of nitrogens with zero attached hydrogens (tertiary/aromatic N) is 2. The van der Waals surface area contributed by atoms with Gasteiger partial charge < -0.3 is 15.1 Å². The largest absolute Gasteiger partial charge is 0.308 e. The van der Waals surface area contributed by atoms with E-state index in [9.17, 15) is 0 Å². The zero-order valence-electron chi connectivity index (χ0n) is 10.5. The van der Waals surface area contributed by atoms with Crippen molar-refractivity contribution in [2.45, 2.75) is 37.8 Å². The Morgan fingerprint density at radius 3 is 2.44 bits per heavy atom. The monoisotopic (exact) mass is 223 g/mol. The second-order valence-corrected chi connectivity index (χ2v) is 6.01. The predicted octanol–water partition coefficient (Wildman–Crippen LogP) is 0.764. The van der Waals surface area contributed by atoms with Gasteiger partial charge in [0.25, 0.3) is 0 Å². The Morgan fingerprint density at radius 2 is 1.81 bits per heavy atom. The van der Waals surface area contributed by atoms with Crippen molar-refractivity contribution < 1.29 is 0 Å². The van der Waals surface area contributed by atoms with E-state index in [1.54, 1.807) is 0 Å². The molecule has 0 radical (unpaired) electrons. The van der Waals surface area contributed by atoms with Gasteiger partial charge in [-0.3, -0.25) is 0 Å². The van der Waals surface area contributed by atoms with E-state index in [4.69, 9.17) is 0 Å². The summed E-state index contributed by atoms with van der Waals surface area (Å²) in [6.07, 6.45) is 5.61. The van der Waals surface area contributed by atoms with Crippen molar-refractivity contribution in [1.29, 1.82) is 0 Å². The summed E-state index contributed by atoms with van der Waals surface area (Å²) >= 11 is 0. The van der Waals surface area contributed by atoms with Gasteiger partial charge in [0, 0.05) is 25.2 Å². The highest BCUT2D eigenvalue weighted by Gasteiger charge is 2.35. The molecule has 2 atom stereocenters. The van der Waals surface area contributed by atoms with E-state index in [1.165, 1.54) is 58.4 Å². The molecule has 0 aromatic rings. The highest BCUT2D eigenvalue weighted by Crippen LogP contribution is 2.28. The van der Waals surface area contributed by atoms with Crippen LogP contribution in [0, 0.1) is 5.92 Å². The summed E-state index contributed by atoms with van der Waals surface area (Å²) in [6.45, 7) is 6.56. The average Bonchev–Trinajstić information content (AvgIpc) is 2.30. The number of piperidine rings is 4. The number of hydrogen-bond donors (Lipinski definition) is 1. The van der Waals surface area contributed by atoms with Crippen LogP contribution in [0.4, 0.5) is 0 Å². The van der Waals surface area contributed by atoms with E-state index in [0.717, 1.165) is 18.0 Å². The van der Waals surface area contributed by atoms with Crippen molar-refractivity contribution in [3.05, 3.63) is 0 Å². The molecule has 2 bridgehead atoms. The summed E-state index contributed by atoms with van der Waals surface area (Å²) in [5, 5.41) is 3.94. The van der Waals surface area contributed by atoms with Gasteiger partial charge in [0.05, 0.1) is 0 Å². The number of likely N-dealkylation sites (tertiary alicyclic amines) is 1. The molecule has 4 aliphatic heterocycles. The molecule has 0 aromatic carbocycles. The lowest BCUT2D eigenvalue weighted by molar-refractivity contribution is 0.0602. The highest BCUT2D eigenvalue weighted by molar-refractivity contribution is 4.93. The third kappa shape index (κ3) is 2.27. The van der Waals surface area contributed by atoms with Crippen LogP contribution in [0.15, 0.2) is 0 Å². The van der Waals surface area contributed by atoms with Crippen molar-refractivity contribution in [3.63, 3.8) is 0 Å². The van der Waals surface area contributed by atoms with E-state index in [0.29, 0.717) is 0 Å². The quantitative estimate of drug-likeness (QED) is 0.746. The lowest BCUT2D eigenvalue weighted by atomic mass is 9.83. The molecule has 0 spiro atoms. The Labute approximate surface area is 99.2 Å². The summed E-state index contributed by atoms with van der Waals surface area (Å²) in [5.74, 6) is 0.970. The van der Waals surface area contributed by atoms with Gasteiger partial charge in [-0.15, -0.1) is 0 Å². The van der Waals surface area contributed by atoms with Crippen molar-refractivity contribution in [1.82, 2.24) is 15.1 Å². The zero-order valence-corrected chi connectivity index (χ0v) is 10.5. The number of rotatable bonds is 2. The fraction of sp³-hybridized carbons (Fsp3) is 1.00. The lowest BCUT2D eigenvalue weighted by Crippen LogP contribution is -2.59. The van der Waals surface area contributed by atoms with Gasteiger partial charge in [-0.25, -0.2) is 0 Å². The molecule has 3 nitrogen and oxygen atoms in total. The van der Waals surface area contributed by atoms with Crippen LogP contribution in [0.2, 0.25) is 0 Å². The normalized spacial score (nSPS) is 44.8. The Bertz CT molecular complexity index is 235. The molecule has 4 fully saturated rings. The van der Waals surface area contributed by atoms with E-state index < -0.39 is 0 Å². The van der Waals surface area contributed by atoms with E-state index in [-0.39, 0.29) is 0 Å². The molecule has 0 amide bonds. The first-order valence-electron chi connectivity index (χ1n) is 6.98. The molecule has 0 aromatic heterocycles. The molecule has 0 aliphatic carbocycles. The van der Waals surface area contributed by atoms with Gasteiger partial charge in [0.15, 0.2) is 0 Å². The van der Waals surface area contributed by atoms with Gasteiger partial charge in [-0.2, -0.15) is 0 Å². The van der Waals surface area contributed by atoms with Crippen LogP contribution in [-0.2, 0) is 0 Å². The molecule has 16 heavy (non-hydrogen) atoms. The molecular formula is C13H25N3. The lowest BCUT2D eigenvalue weighted by Gasteiger charge is -2.47. The van der Waals surface area contributed by atoms with Gasteiger partial charge in [0.1, 0.15) is 0 Å². The molecule has 4 rings (SSSR count). The van der Waals surface area contributed by atoms with Gasteiger partial charge in [-0.05, 0) is 58.3 Å². The van der Waals surface area contributed by atoms with Crippen molar-refractivity contribution >= 4 is 0 Å². The summed E-state index contributed by atoms with van der Waals surface area (Å²) in [7, 11) is 2.25. The van der Waals surface area contributed by atoms with Crippen LogP contribution < -0.4 is 5.32 Å². The van der Waals surface area contributed by atoms with Crippen LogP contribution in [0.25, 0.3) is 0 Å². The minimum Gasteiger partial charge on any atom is -0.308 e. The smallest absolute Gasteiger partial charge is 0.0227 e. The van der Waals surface area contributed by atoms with E-state index >= 15 is 0 Å². The average molecular weight is 223 g/mol. The molecule has 0 saturated carbocycles. The first-order valence-corrected chi connectivity index (χ1v) is 6.98. The Balaban J connectivity index is 1.54. The fourth-order valence-corrected chi connectivity index (χ4v) is 3.76. The van der Waals surface area contributed by atoms with Crippen LogP contribution in [0.5, 0.6) is 0 Å². The first kappa shape index (κ1) is 11.0. The second kappa shape index (κ2) is 4.63. The van der Waals surface area contributed by atoms with Gasteiger partial charge in [0.2, 0.25) is 0 Å². The summed E-state index contributed by atoms with van der Waals surface area (Å²) in [6, 6.07) is 1.54. The fourth-order valence-electron chi connectivity index (χ4n) is 3.76. The first-order chi connectivity index (χ1) is 7.81. The number of fused-ring (bicyclic) bond motifs is 3. The SMILES string of the molecule is CN1CCCC(NC2CN3CCC2CC3)C1. The molecule has 1 N–H and O–H groups in total. The predicted molar refractivity (Wildman–Crippen MR) is 66.6 cm³/mol. The second-order valence-electron chi connectivity index (χ2n) is 6.01. The summed E-state index contributed by atoms with van der Waals surface area (Å²) in [5.41, 5.74) is 0. The molecule has 4 heterocycles. The minimum absolute atomic E-state index is 0.754. The third-order valence-electron chi connectivity index (χ3n) is 4.73. The van der Waals surface area contributed by atoms with E-state index in [2.05, 4.69) is 22.2 Å². The van der Waals surface area contributed by atoms with E-state index in [1.807, 2.05) is 0 Å². The molecule has 92 valence electrons.